The van der Waals surface area contributed by atoms with Crippen molar-refractivity contribution < 1.29 is 54.7 Å². The molecule has 33 heavy (non-hydrogen) atoms. The third kappa shape index (κ3) is 4.24. The number of phenolic OH excluding ortho intramolecular Hbond substituents is 1. The lowest BCUT2D eigenvalue weighted by molar-refractivity contribution is -0.290. The van der Waals surface area contributed by atoms with Crippen LogP contribution in [0.1, 0.15) is 5.56 Å². The molecule has 0 radical (unpaired) electrons. The van der Waals surface area contributed by atoms with E-state index in [1.54, 1.807) is 6.07 Å². The molecule has 0 bridgehead atoms. The van der Waals surface area contributed by atoms with Gasteiger partial charge in [0.2, 0.25) is 6.29 Å². The van der Waals surface area contributed by atoms with Crippen molar-refractivity contribution in [2.75, 3.05) is 13.7 Å². The molecule has 4 rings (SSSR count). The van der Waals surface area contributed by atoms with Gasteiger partial charge in [-0.25, -0.2) is 0 Å². The van der Waals surface area contributed by atoms with Crippen LogP contribution in [0, 0.1) is 0 Å². The van der Waals surface area contributed by atoms with Crippen LogP contribution in [0.5, 0.6) is 11.5 Å². The number of ether oxygens (including phenoxy) is 4. The number of aromatic hydroxyl groups is 1. The fourth-order valence-electron chi connectivity index (χ4n) is 3.73. The molecule has 0 amide bonds. The molecule has 0 saturated carbocycles. The standard InChI is InChI=1S/C22H24O11/c1-30-14-3-2-9(4-13(14)26)21-16(7-11-12(25)5-10(24)6-15(11)31-21)32-22-20(29)19(28)18(27)17(8-23)33-22/h2-7,15,17-20,22-29H,8H2,1H3. The predicted molar refractivity (Wildman–Crippen MR) is 111 cm³/mol. The summed E-state index contributed by atoms with van der Waals surface area (Å²) in [6.45, 7) is -0.643. The van der Waals surface area contributed by atoms with Crippen molar-refractivity contribution in [3.8, 4) is 11.5 Å². The Morgan fingerprint density at radius 2 is 1.76 bits per heavy atom. The largest absolute Gasteiger partial charge is 0.508 e. The van der Waals surface area contributed by atoms with Crippen molar-refractivity contribution in [2.45, 2.75) is 36.8 Å². The van der Waals surface area contributed by atoms with E-state index in [0.29, 0.717) is 5.56 Å². The molecule has 11 nitrogen and oxygen atoms in total. The molecule has 6 atom stereocenters. The van der Waals surface area contributed by atoms with Gasteiger partial charge >= 0.3 is 0 Å². The molecule has 2 heterocycles. The number of benzene rings is 1. The Kier molecular flexibility index (Phi) is 6.23. The summed E-state index contributed by atoms with van der Waals surface area (Å²) < 4.78 is 22.2. The molecule has 2 aliphatic heterocycles. The Balaban J connectivity index is 1.76. The lowest BCUT2D eigenvalue weighted by Gasteiger charge is -2.40. The van der Waals surface area contributed by atoms with Crippen LogP contribution in [0.3, 0.4) is 0 Å². The van der Waals surface area contributed by atoms with Gasteiger partial charge in [-0.3, -0.25) is 0 Å². The van der Waals surface area contributed by atoms with Crippen LogP contribution in [0.2, 0.25) is 0 Å². The fraction of sp³-hybridized carbons (Fsp3) is 0.364. The number of allylic oxidation sites excluding steroid dienone is 2. The second kappa shape index (κ2) is 8.96. The van der Waals surface area contributed by atoms with Crippen molar-refractivity contribution in [1.82, 2.24) is 0 Å². The van der Waals surface area contributed by atoms with Crippen molar-refractivity contribution in [2.24, 2.45) is 0 Å². The SMILES string of the molecule is COc1ccc(C2=C(OC3OC(CO)C(O)C(O)C3O)C=C3C(O)=CC(O)=CC3O2)cc1O. The van der Waals surface area contributed by atoms with Crippen LogP contribution in [-0.2, 0) is 14.2 Å². The molecule has 7 N–H and O–H groups in total. The van der Waals surface area contributed by atoms with E-state index in [-0.39, 0.29) is 40.1 Å². The third-order valence-corrected chi connectivity index (χ3v) is 5.50. The molecule has 0 aromatic heterocycles. The normalized spacial score (nSPS) is 31.6. The monoisotopic (exact) mass is 464 g/mol. The number of hydrogen-bond acceptors (Lipinski definition) is 11. The Bertz CT molecular complexity index is 1040. The second-order valence-corrected chi connectivity index (χ2v) is 7.65. The molecule has 0 spiro atoms. The molecule has 1 aromatic carbocycles. The summed E-state index contributed by atoms with van der Waals surface area (Å²) in [5.41, 5.74) is 0.555. The molecule has 1 saturated heterocycles. The average Bonchev–Trinajstić information content (AvgIpc) is 2.79. The lowest BCUT2D eigenvalue weighted by atomic mass is 9.96. The maximum absolute atomic E-state index is 10.4. The lowest BCUT2D eigenvalue weighted by Crippen LogP contribution is -2.59. The van der Waals surface area contributed by atoms with Crippen LogP contribution in [0.15, 0.2) is 59.3 Å². The summed E-state index contributed by atoms with van der Waals surface area (Å²) in [7, 11) is 1.39. The van der Waals surface area contributed by atoms with E-state index in [2.05, 4.69) is 0 Å². The maximum atomic E-state index is 10.4. The zero-order chi connectivity index (χ0) is 23.9. The van der Waals surface area contributed by atoms with Gasteiger partial charge in [-0.05, 0) is 24.3 Å². The summed E-state index contributed by atoms with van der Waals surface area (Å²) in [5, 5.41) is 70.2. The van der Waals surface area contributed by atoms with E-state index in [4.69, 9.17) is 18.9 Å². The third-order valence-electron chi connectivity index (χ3n) is 5.50. The quantitative estimate of drug-likeness (QED) is 0.314. The van der Waals surface area contributed by atoms with Crippen molar-refractivity contribution in [3.63, 3.8) is 0 Å². The Morgan fingerprint density at radius 1 is 1.00 bits per heavy atom. The first-order valence-electron chi connectivity index (χ1n) is 10.0. The molecule has 178 valence electrons. The van der Waals surface area contributed by atoms with E-state index in [1.807, 2.05) is 0 Å². The Hall–Kier alpha value is -3.22. The minimum absolute atomic E-state index is 0.0510. The number of methoxy groups -OCH3 is 1. The maximum Gasteiger partial charge on any atom is 0.229 e. The summed E-state index contributed by atoms with van der Waals surface area (Å²) in [5.74, 6) is -0.491. The fourth-order valence-corrected chi connectivity index (χ4v) is 3.73. The molecule has 1 fully saturated rings. The van der Waals surface area contributed by atoms with Crippen molar-refractivity contribution >= 4 is 5.76 Å². The average molecular weight is 464 g/mol. The van der Waals surface area contributed by atoms with E-state index in [0.717, 1.165) is 6.08 Å². The first kappa shape index (κ1) is 23.0. The van der Waals surface area contributed by atoms with Crippen molar-refractivity contribution in [3.05, 3.63) is 64.8 Å². The minimum Gasteiger partial charge on any atom is -0.508 e. The predicted octanol–water partition coefficient (Wildman–Crippen LogP) is 0.108. The highest BCUT2D eigenvalue weighted by Crippen LogP contribution is 2.39. The summed E-state index contributed by atoms with van der Waals surface area (Å²) in [6, 6.07) is 4.38. The minimum atomic E-state index is -1.68. The Labute approximate surface area is 188 Å². The molecular weight excluding hydrogens is 440 g/mol. The Morgan fingerprint density at radius 3 is 2.42 bits per heavy atom. The van der Waals surface area contributed by atoms with Crippen molar-refractivity contribution in [1.29, 1.82) is 0 Å². The number of aliphatic hydroxyl groups is 6. The zero-order valence-electron chi connectivity index (χ0n) is 17.4. The van der Waals surface area contributed by atoms with Gasteiger partial charge in [-0.15, -0.1) is 0 Å². The van der Waals surface area contributed by atoms with Crippen LogP contribution in [0.4, 0.5) is 0 Å². The zero-order valence-corrected chi connectivity index (χ0v) is 17.4. The van der Waals surface area contributed by atoms with Crippen LogP contribution < -0.4 is 4.74 Å². The molecule has 6 unspecified atom stereocenters. The van der Waals surface area contributed by atoms with E-state index < -0.39 is 43.4 Å². The highest BCUT2D eigenvalue weighted by Gasteiger charge is 2.45. The van der Waals surface area contributed by atoms with E-state index >= 15 is 0 Å². The van der Waals surface area contributed by atoms with E-state index in [9.17, 15) is 35.7 Å². The van der Waals surface area contributed by atoms with Gasteiger partial charge in [0.15, 0.2) is 23.0 Å². The summed E-state index contributed by atoms with van der Waals surface area (Å²) in [6.07, 6.45) is -4.68. The first-order valence-corrected chi connectivity index (χ1v) is 10.0. The second-order valence-electron chi connectivity index (χ2n) is 7.65. The van der Waals surface area contributed by atoms with Gasteiger partial charge in [-0.1, -0.05) is 0 Å². The summed E-state index contributed by atoms with van der Waals surface area (Å²) in [4.78, 5) is 0. The highest BCUT2D eigenvalue weighted by molar-refractivity contribution is 5.70. The van der Waals surface area contributed by atoms with Gasteiger partial charge in [0, 0.05) is 23.3 Å². The van der Waals surface area contributed by atoms with E-state index in [1.165, 1.54) is 31.4 Å². The number of phenols is 1. The molecule has 11 heteroatoms. The number of fused-ring (bicyclic) bond motifs is 1. The van der Waals surface area contributed by atoms with Gasteiger partial charge in [-0.2, -0.15) is 0 Å². The molecule has 3 aliphatic rings. The number of aliphatic hydroxyl groups excluding tert-OH is 6. The first-order chi connectivity index (χ1) is 15.7. The van der Waals surface area contributed by atoms with Crippen LogP contribution in [-0.4, -0.2) is 86.3 Å². The van der Waals surface area contributed by atoms with Gasteiger partial charge < -0.3 is 54.7 Å². The topological polar surface area (TPSA) is 179 Å². The van der Waals surface area contributed by atoms with Gasteiger partial charge in [0.1, 0.15) is 42.0 Å². The van der Waals surface area contributed by atoms with Crippen LogP contribution >= 0.6 is 0 Å². The smallest absolute Gasteiger partial charge is 0.229 e. The van der Waals surface area contributed by atoms with Crippen LogP contribution in [0.25, 0.3) is 5.76 Å². The van der Waals surface area contributed by atoms with Gasteiger partial charge in [0.05, 0.1) is 13.7 Å². The van der Waals surface area contributed by atoms with Gasteiger partial charge in [0.25, 0.3) is 0 Å². The summed E-state index contributed by atoms with van der Waals surface area (Å²) >= 11 is 0. The molecule has 1 aliphatic carbocycles. The highest BCUT2D eigenvalue weighted by atomic mass is 16.7. The molecular formula is C22H24O11. The molecule has 1 aromatic rings. The number of hydrogen-bond donors (Lipinski definition) is 7. The number of rotatable bonds is 5.